The number of aromatic amines is 1. The predicted molar refractivity (Wildman–Crippen MR) is 65.9 cm³/mol. The van der Waals surface area contributed by atoms with Crippen LogP contribution in [0.15, 0.2) is 18.2 Å². The lowest BCUT2D eigenvalue weighted by Crippen LogP contribution is -2.10. The number of benzene rings is 1. The van der Waals surface area contributed by atoms with Crippen LogP contribution in [-0.4, -0.2) is 32.7 Å². The van der Waals surface area contributed by atoms with Crippen LogP contribution in [0.25, 0.3) is 0 Å². The zero-order valence-corrected chi connectivity index (χ0v) is 10.3. The van der Waals surface area contributed by atoms with Gasteiger partial charge in [-0.2, -0.15) is 5.21 Å². The number of ether oxygens (including phenoxy) is 1. The van der Waals surface area contributed by atoms with E-state index in [2.05, 4.69) is 25.9 Å². The van der Waals surface area contributed by atoms with E-state index in [0.717, 1.165) is 0 Å². The number of methoxy groups -OCH3 is 1. The van der Waals surface area contributed by atoms with E-state index in [9.17, 15) is 10.1 Å². The largest absolute Gasteiger partial charge is 0.496 e. The number of tetrazole rings is 1. The van der Waals surface area contributed by atoms with Gasteiger partial charge in [-0.25, -0.2) is 0 Å². The van der Waals surface area contributed by atoms with E-state index in [1.165, 1.54) is 13.2 Å². The smallest absolute Gasteiger partial charge is 0.296 e. The van der Waals surface area contributed by atoms with Crippen molar-refractivity contribution in [1.82, 2.24) is 20.6 Å². The minimum atomic E-state index is -0.478. The molecule has 2 rings (SSSR count). The van der Waals surface area contributed by atoms with Gasteiger partial charge in [-0.15, -0.1) is 10.2 Å². The third-order valence-corrected chi connectivity index (χ3v) is 2.52. The van der Waals surface area contributed by atoms with Crippen molar-refractivity contribution in [2.45, 2.75) is 13.0 Å². The molecule has 9 heteroatoms. The first kappa shape index (κ1) is 12.7. The van der Waals surface area contributed by atoms with Gasteiger partial charge in [0.1, 0.15) is 11.4 Å². The number of anilines is 1. The molecule has 1 aromatic heterocycles. The maximum atomic E-state index is 11.0. The van der Waals surface area contributed by atoms with Crippen LogP contribution < -0.4 is 10.1 Å². The maximum Gasteiger partial charge on any atom is 0.296 e. The SMILES string of the molecule is COc1ccc(NC(C)c2nn[nH]n2)c([N+](=O)[O-])c1. The topological polar surface area (TPSA) is 119 Å². The molecule has 100 valence electrons. The van der Waals surface area contributed by atoms with Crippen LogP contribution >= 0.6 is 0 Å². The van der Waals surface area contributed by atoms with Crippen LogP contribution in [0, 0.1) is 10.1 Å². The predicted octanol–water partition coefficient (Wildman–Crippen LogP) is 1.29. The second-order valence-corrected chi connectivity index (χ2v) is 3.78. The molecule has 0 aliphatic carbocycles. The molecule has 0 aliphatic rings. The zero-order chi connectivity index (χ0) is 13.8. The Morgan fingerprint density at radius 2 is 2.32 bits per heavy atom. The van der Waals surface area contributed by atoms with E-state index >= 15 is 0 Å². The number of hydrogen-bond donors (Lipinski definition) is 2. The molecule has 2 aromatic rings. The summed E-state index contributed by atoms with van der Waals surface area (Å²) in [5.41, 5.74) is 0.290. The fourth-order valence-corrected chi connectivity index (χ4v) is 1.56. The first-order chi connectivity index (χ1) is 9.11. The summed E-state index contributed by atoms with van der Waals surface area (Å²) in [6, 6.07) is 4.25. The van der Waals surface area contributed by atoms with Crippen LogP contribution in [-0.2, 0) is 0 Å². The molecule has 0 amide bonds. The lowest BCUT2D eigenvalue weighted by Gasteiger charge is -2.12. The van der Waals surface area contributed by atoms with Gasteiger partial charge in [0.2, 0.25) is 0 Å². The monoisotopic (exact) mass is 264 g/mol. The van der Waals surface area contributed by atoms with Crippen molar-refractivity contribution in [3.63, 3.8) is 0 Å². The number of aromatic nitrogens is 4. The van der Waals surface area contributed by atoms with E-state index in [1.54, 1.807) is 19.1 Å². The number of nitro groups is 1. The Morgan fingerprint density at radius 3 is 2.89 bits per heavy atom. The summed E-state index contributed by atoms with van der Waals surface area (Å²) < 4.78 is 4.97. The lowest BCUT2D eigenvalue weighted by molar-refractivity contribution is -0.384. The Morgan fingerprint density at radius 1 is 1.53 bits per heavy atom. The van der Waals surface area contributed by atoms with Crippen molar-refractivity contribution in [3.05, 3.63) is 34.1 Å². The van der Waals surface area contributed by atoms with Crippen LogP contribution in [0.4, 0.5) is 11.4 Å². The second-order valence-electron chi connectivity index (χ2n) is 3.78. The Labute approximate surface area is 108 Å². The molecule has 0 spiro atoms. The highest BCUT2D eigenvalue weighted by Gasteiger charge is 2.18. The Hall–Kier alpha value is -2.71. The average molecular weight is 264 g/mol. The average Bonchev–Trinajstić information content (AvgIpc) is 2.92. The number of nitro benzene ring substituents is 1. The highest BCUT2D eigenvalue weighted by molar-refractivity contribution is 5.64. The van der Waals surface area contributed by atoms with Crippen molar-refractivity contribution < 1.29 is 9.66 Å². The van der Waals surface area contributed by atoms with Crippen molar-refractivity contribution in [2.24, 2.45) is 0 Å². The molecule has 1 aromatic carbocycles. The van der Waals surface area contributed by atoms with Crippen LogP contribution in [0.3, 0.4) is 0 Å². The lowest BCUT2D eigenvalue weighted by atomic mass is 10.2. The fourth-order valence-electron chi connectivity index (χ4n) is 1.56. The van der Waals surface area contributed by atoms with Gasteiger partial charge in [0.15, 0.2) is 5.82 Å². The van der Waals surface area contributed by atoms with Gasteiger partial charge >= 0.3 is 0 Å². The number of nitrogens with zero attached hydrogens (tertiary/aromatic N) is 4. The Kier molecular flexibility index (Phi) is 3.55. The van der Waals surface area contributed by atoms with E-state index in [4.69, 9.17) is 4.74 Å². The molecule has 0 bridgehead atoms. The minimum absolute atomic E-state index is 0.0744. The summed E-state index contributed by atoms with van der Waals surface area (Å²) in [6.45, 7) is 1.78. The molecule has 0 fully saturated rings. The molecular weight excluding hydrogens is 252 g/mol. The summed E-state index contributed by atoms with van der Waals surface area (Å²) in [7, 11) is 1.45. The molecule has 0 saturated heterocycles. The molecular formula is C10H12N6O3. The van der Waals surface area contributed by atoms with Crippen LogP contribution in [0.2, 0.25) is 0 Å². The third-order valence-electron chi connectivity index (χ3n) is 2.52. The number of H-pyrrole nitrogens is 1. The van der Waals surface area contributed by atoms with E-state index in [1.807, 2.05) is 0 Å². The van der Waals surface area contributed by atoms with E-state index in [-0.39, 0.29) is 11.7 Å². The quantitative estimate of drug-likeness (QED) is 0.616. The van der Waals surface area contributed by atoms with Crippen molar-refractivity contribution in [2.75, 3.05) is 12.4 Å². The van der Waals surface area contributed by atoms with E-state index < -0.39 is 4.92 Å². The molecule has 0 radical (unpaired) electrons. The second kappa shape index (κ2) is 5.29. The molecule has 1 atom stereocenters. The molecule has 19 heavy (non-hydrogen) atoms. The van der Waals surface area contributed by atoms with Crippen molar-refractivity contribution >= 4 is 11.4 Å². The van der Waals surface area contributed by atoms with Gasteiger partial charge < -0.3 is 10.1 Å². The molecule has 0 saturated carbocycles. The maximum absolute atomic E-state index is 11.0. The molecule has 2 N–H and O–H groups in total. The van der Waals surface area contributed by atoms with E-state index in [0.29, 0.717) is 17.3 Å². The molecule has 1 unspecified atom stereocenters. The Bertz CT molecular complexity index is 571. The summed E-state index contributed by atoms with van der Waals surface area (Å²) in [5, 5.41) is 27.4. The summed E-state index contributed by atoms with van der Waals surface area (Å²) in [4.78, 5) is 10.5. The van der Waals surface area contributed by atoms with Gasteiger partial charge in [0, 0.05) is 0 Å². The van der Waals surface area contributed by atoms with Crippen molar-refractivity contribution in [3.8, 4) is 5.75 Å². The molecule has 1 heterocycles. The standard InChI is InChI=1S/C10H12N6O3/c1-6(10-12-14-15-13-10)11-8-4-3-7(19-2)5-9(8)16(17)18/h3-6,11H,1-2H3,(H,12,13,14,15). The first-order valence-corrected chi connectivity index (χ1v) is 5.44. The zero-order valence-electron chi connectivity index (χ0n) is 10.3. The van der Waals surface area contributed by atoms with Gasteiger partial charge in [-0.3, -0.25) is 10.1 Å². The fraction of sp³-hybridized carbons (Fsp3) is 0.300. The molecule has 9 nitrogen and oxygen atoms in total. The summed E-state index contributed by atoms with van der Waals surface area (Å²) >= 11 is 0. The van der Waals surface area contributed by atoms with Crippen LogP contribution in [0.5, 0.6) is 5.75 Å². The first-order valence-electron chi connectivity index (χ1n) is 5.44. The van der Waals surface area contributed by atoms with Gasteiger partial charge in [0.05, 0.1) is 24.1 Å². The van der Waals surface area contributed by atoms with Crippen molar-refractivity contribution in [1.29, 1.82) is 0 Å². The Balaban J connectivity index is 2.27. The van der Waals surface area contributed by atoms with Gasteiger partial charge in [-0.05, 0) is 19.1 Å². The highest BCUT2D eigenvalue weighted by atomic mass is 16.6. The summed E-state index contributed by atoms with van der Waals surface area (Å²) in [5.74, 6) is 0.842. The minimum Gasteiger partial charge on any atom is -0.496 e. The third kappa shape index (κ3) is 2.76. The number of rotatable bonds is 5. The van der Waals surface area contributed by atoms with Gasteiger partial charge in [0.25, 0.3) is 5.69 Å². The van der Waals surface area contributed by atoms with Gasteiger partial charge in [-0.1, -0.05) is 5.21 Å². The van der Waals surface area contributed by atoms with Crippen LogP contribution in [0.1, 0.15) is 18.8 Å². The molecule has 0 aliphatic heterocycles. The highest BCUT2D eigenvalue weighted by Crippen LogP contribution is 2.30. The number of hydrogen-bond acceptors (Lipinski definition) is 7. The normalized spacial score (nSPS) is 11.9. The number of nitrogens with one attached hydrogen (secondary N) is 2. The summed E-state index contributed by atoms with van der Waals surface area (Å²) in [6.07, 6.45) is 0.